The van der Waals surface area contributed by atoms with Crippen LogP contribution in [0.4, 0.5) is 11.4 Å². The Hall–Kier alpha value is -2.15. The summed E-state index contributed by atoms with van der Waals surface area (Å²) in [7, 11) is 0. The summed E-state index contributed by atoms with van der Waals surface area (Å²) in [5.74, 6) is 4.90. The number of nitro benzene ring substituents is 1. The summed E-state index contributed by atoms with van der Waals surface area (Å²) in [6.45, 7) is 0. The fraction of sp³-hybridized carbons (Fsp3) is 0.300. The van der Waals surface area contributed by atoms with Crippen molar-refractivity contribution in [2.24, 2.45) is 5.84 Å². The molecule has 2 rings (SSSR count). The monoisotopic (exact) mass is 236 g/mol. The van der Waals surface area contributed by atoms with E-state index in [1.54, 1.807) is 0 Å². The molecule has 0 unspecified atom stereocenters. The second kappa shape index (κ2) is 4.38. The van der Waals surface area contributed by atoms with Gasteiger partial charge in [0.1, 0.15) is 5.69 Å². The molecule has 0 radical (unpaired) electrons. The normalized spacial score (nSPS) is 14.2. The number of nitro groups is 1. The van der Waals surface area contributed by atoms with Gasteiger partial charge in [-0.1, -0.05) is 6.07 Å². The second-order valence-electron chi connectivity index (χ2n) is 3.85. The van der Waals surface area contributed by atoms with Gasteiger partial charge in [-0.05, 0) is 18.9 Å². The molecule has 4 N–H and O–H groups in total. The standard InChI is InChI=1S/C10H12N4O3/c11-13-9-7(10(15)12-6-4-5-6)2-1-3-8(9)14(16)17/h1-3,6,13H,4-5,11H2,(H,12,15). The number of nitrogens with zero attached hydrogens (tertiary/aromatic N) is 1. The van der Waals surface area contributed by atoms with Gasteiger partial charge >= 0.3 is 0 Å². The summed E-state index contributed by atoms with van der Waals surface area (Å²) in [6.07, 6.45) is 1.90. The van der Waals surface area contributed by atoms with Crippen LogP contribution in [0.25, 0.3) is 0 Å². The van der Waals surface area contributed by atoms with Crippen molar-refractivity contribution in [3.05, 3.63) is 33.9 Å². The summed E-state index contributed by atoms with van der Waals surface area (Å²) >= 11 is 0. The van der Waals surface area contributed by atoms with E-state index in [4.69, 9.17) is 5.84 Å². The highest BCUT2D eigenvalue weighted by Crippen LogP contribution is 2.28. The second-order valence-corrected chi connectivity index (χ2v) is 3.85. The van der Waals surface area contributed by atoms with Crippen molar-refractivity contribution in [2.75, 3.05) is 5.43 Å². The fourth-order valence-corrected chi connectivity index (χ4v) is 1.52. The maximum atomic E-state index is 11.8. The maximum Gasteiger partial charge on any atom is 0.294 e. The Labute approximate surface area is 97.1 Å². The van der Waals surface area contributed by atoms with Crippen LogP contribution in [0.5, 0.6) is 0 Å². The van der Waals surface area contributed by atoms with E-state index < -0.39 is 4.92 Å². The number of nitrogen functional groups attached to an aromatic ring is 1. The van der Waals surface area contributed by atoms with Gasteiger partial charge in [-0.3, -0.25) is 20.8 Å². The van der Waals surface area contributed by atoms with Crippen LogP contribution >= 0.6 is 0 Å². The molecular formula is C10H12N4O3. The van der Waals surface area contributed by atoms with Crippen molar-refractivity contribution >= 4 is 17.3 Å². The van der Waals surface area contributed by atoms with Gasteiger partial charge in [0.15, 0.2) is 0 Å². The lowest BCUT2D eigenvalue weighted by molar-refractivity contribution is -0.384. The van der Waals surface area contributed by atoms with E-state index in [0.29, 0.717) is 0 Å². The number of hydrazine groups is 1. The van der Waals surface area contributed by atoms with Crippen LogP contribution < -0.4 is 16.6 Å². The molecule has 0 bridgehead atoms. The SMILES string of the molecule is NNc1c(C(=O)NC2CC2)cccc1[N+](=O)[O-]. The van der Waals surface area contributed by atoms with E-state index in [-0.39, 0.29) is 28.9 Å². The van der Waals surface area contributed by atoms with Gasteiger partial charge < -0.3 is 10.7 Å². The number of anilines is 1. The lowest BCUT2D eigenvalue weighted by atomic mass is 10.1. The highest BCUT2D eigenvalue weighted by atomic mass is 16.6. The molecular weight excluding hydrogens is 224 g/mol. The summed E-state index contributed by atoms with van der Waals surface area (Å²) in [5, 5.41) is 13.5. The van der Waals surface area contributed by atoms with E-state index in [9.17, 15) is 14.9 Å². The predicted molar refractivity (Wildman–Crippen MR) is 61.4 cm³/mol. The van der Waals surface area contributed by atoms with Crippen molar-refractivity contribution in [3.63, 3.8) is 0 Å². The highest BCUT2D eigenvalue weighted by molar-refractivity contribution is 6.01. The quantitative estimate of drug-likeness (QED) is 0.406. The third-order valence-electron chi connectivity index (χ3n) is 2.54. The molecule has 0 atom stereocenters. The van der Waals surface area contributed by atoms with Gasteiger partial charge in [0.2, 0.25) is 0 Å². The average molecular weight is 236 g/mol. The molecule has 1 aliphatic carbocycles. The number of amides is 1. The van der Waals surface area contributed by atoms with Gasteiger partial charge in [-0.25, -0.2) is 0 Å². The first-order valence-electron chi connectivity index (χ1n) is 5.18. The Balaban J connectivity index is 2.34. The predicted octanol–water partition coefficient (Wildman–Crippen LogP) is 0.773. The number of nitrogens with one attached hydrogen (secondary N) is 2. The summed E-state index contributed by atoms with van der Waals surface area (Å²) < 4.78 is 0. The van der Waals surface area contributed by atoms with Crippen LogP contribution in [-0.2, 0) is 0 Å². The van der Waals surface area contributed by atoms with Crippen molar-refractivity contribution in [1.29, 1.82) is 0 Å². The zero-order valence-corrected chi connectivity index (χ0v) is 8.97. The first kappa shape index (κ1) is 11.3. The summed E-state index contributed by atoms with van der Waals surface area (Å²) in [5.41, 5.74) is 2.23. The minimum absolute atomic E-state index is 0.0376. The maximum absolute atomic E-state index is 11.8. The number of carbonyl (C=O) groups excluding carboxylic acids is 1. The van der Waals surface area contributed by atoms with E-state index in [1.165, 1.54) is 18.2 Å². The molecule has 0 saturated heterocycles. The van der Waals surface area contributed by atoms with Gasteiger partial charge in [-0.2, -0.15) is 0 Å². The lowest BCUT2D eigenvalue weighted by Gasteiger charge is -2.09. The Morgan fingerprint density at radius 3 is 2.71 bits per heavy atom. The molecule has 1 aromatic rings. The first-order chi connectivity index (χ1) is 8.13. The van der Waals surface area contributed by atoms with Crippen LogP contribution in [0.2, 0.25) is 0 Å². The molecule has 0 aromatic heterocycles. The topological polar surface area (TPSA) is 110 Å². The third-order valence-corrected chi connectivity index (χ3v) is 2.54. The molecule has 17 heavy (non-hydrogen) atoms. The average Bonchev–Trinajstić information content (AvgIpc) is 3.11. The Morgan fingerprint density at radius 2 is 2.18 bits per heavy atom. The minimum atomic E-state index is -0.580. The highest BCUT2D eigenvalue weighted by Gasteiger charge is 2.27. The third kappa shape index (κ3) is 2.34. The number of carbonyl (C=O) groups is 1. The van der Waals surface area contributed by atoms with Crippen LogP contribution in [0, 0.1) is 10.1 Å². The first-order valence-corrected chi connectivity index (χ1v) is 5.18. The Morgan fingerprint density at radius 1 is 1.47 bits per heavy atom. The molecule has 1 amide bonds. The van der Waals surface area contributed by atoms with Gasteiger partial charge in [0.05, 0.1) is 10.5 Å². The van der Waals surface area contributed by atoms with E-state index >= 15 is 0 Å². The molecule has 0 aliphatic heterocycles. The molecule has 1 saturated carbocycles. The molecule has 1 fully saturated rings. The summed E-state index contributed by atoms with van der Waals surface area (Å²) in [4.78, 5) is 22.0. The number of hydrogen-bond acceptors (Lipinski definition) is 5. The number of rotatable bonds is 4. The van der Waals surface area contributed by atoms with Crippen LogP contribution in [0.15, 0.2) is 18.2 Å². The molecule has 90 valence electrons. The molecule has 1 aromatic carbocycles. The molecule has 0 heterocycles. The molecule has 7 heteroatoms. The van der Waals surface area contributed by atoms with Crippen LogP contribution in [0.1, 0.15) is 23.2 Å². The van der Waals surface area contributed by atoms with Gasteiger partial charge in [-0.15, -0.1) is 0 Å². The largest absolute Gasteiger partial charge is 0.349 e. The lowest BCUT2D eigenvalue weighted by Crippen LogP contribution is -2.27. The molecule has 7 nitrogen and oxygen atoms in total. The Bertz CT molecular complexity index is 471. The number of para-hydroxylation sites is 1. The van der Waals surface area contributed by atoms with Gasteiger partial charge in [0, 0.05) is 12.1 Å². The smallest absolute Gasteiger partial charge is 0.294 e. The van der Waals surface area contributed by atoms with Crippen LogP contribution in [-0.4, -0.2) is 16.9 Å². The van der Waals surface area contributed by atoms with E-state index in [2.05, 4.69) is 10.7 Å². The van der Waals surface area contributed by atoms with E-state index in [1.807, 2.05) is 0 Å². The van der Waals surface area contributed by atoms with E-state index in [0.717, 1.165) is 12.8 Å². The molecule has 1 aliphatic rings. The van der Waals surface area contributed by atoms with Gasteiger partial charge in [0.25, 0.3) is 11.6 Å². The van der Waals surface area contributed by atoms with Crippen molar-refractivity contribution in [1.82, 2.24) is 5.32 Å². The molecule has 0 spiro atoms. The van der Waals surface area contributed by atoms with Crippen molar-refractivity contribution in [3.8, 4) is 0 Å². The van der Waals surface area contributed by atoms with Crippen molar-refractivity contribution < 1.29 is 9.72 Å². The Kier molecular flexibility index (Phi) is 2.92. The zero-order chi connectivity index (χ0) is 12.4. The number of nitrogens with two attached hydrogens (primary N) is 1. The minimum Gasteiger partial charge on any atom is -0.349 e. The zero-order valence-electron chi connectivity index (χ0n) is 8.97. The van der Waals surface area contributed by atoms with Crippen molar-refractivity contribution in [2.45, 2.75) is 18.9 Å². The van der Waals surface area contributed by atoms with Crippen LogP contribution in [0.3, 0.4) is 0 Å². The number of hydrogen-bond donors (Lipinski definition) is 3. The summed E-state index contributed by atoms with van der Waals surface area (Å²) in [6, 6.07) is 4.44. The fourth-order valence-electron chi connectivity index (χ4n) is 1.52. The number of benzene rings is 1.